The second-order valence-corrected chi connectivity index (χ2v) is 8.41. The topological polar surface area (TPSA) is 72.5 Å². The van der Waals surface area contributed by atoms with Crippen molar-refractivity contribution < 1.29 is 9.13 Å². The van der Waals surface area contributed by atoms with E-state index in [1.165, 1.54) is 6.07 Å². The number of nitrogens with zero attached hydrogens (tertiary/aromatic N) is 6. The Kier molecular flexibility index (Phi) is 5.05. The second-order valence-electron chi connectivity index (χ2n) is 8.41. The van der Waals surface area contributed by atoms with Gasteiger partial charge >= 0.3 is 0 Å². The minimum atomic E-state index is -0.237. The minimum absolute atomic E-state index is 0.237. The van der Waals surface area contributed by atoms with Gasteiger partial charge in [-0.25, -0.2) is 14.4 Å². The Morgan fingerprint density at radius 2 is 2.12 bits per heavy atom. The summed E-state index contributed by atoms with van der Waals surface area (Å²) in [6, 6.07) is 5.18. The molecule has 0 radical (unpaired) electrons. The Morgan fingerprint density at radius 3 is 2.88 bits per heavy atom. The molecule has 0 fully saturated rings. The van der Waals surface area contributed by atoms with E-state index in [9.17, 15) is 4.39 Å². The molecule has 0 saturated carbocycles. The zero-order chi connectivity index (χ0) is 22.4. The SMILES string of the molecule is Cc1cc(-c2cnc(NCc3c(F)ccc4c3CCO4)n3cc(CN(C)C)nc23)n(C)n1. The summed E-state index contributed by atoms with van der Waals surface area (Å²) in [4.78, 5) is 11.6. The van der Waals surface area contributed by atoms with Gasteiger partial charge in [0.15, 0.2) is 5.65 Å². The van der Waals surface area contributed by atoms with Crippen molar-refractivity contribution in [2.75, 3.05) is 26.0 Å². The van der Waals surface area contributed by atoms with Crippen LogP contribution in [0.3, 0.4) is 0 Å². The number of imidazole rings is 1. The van der Waals surface area contributed by atoms with Gasteiger partial charge in [0.1, 0.15) is 11.6 Å². The molecule has 5 rings (SSSR count). The van der Waals surface area contributed by atoms with Crippen LogP contribution in [0, 0.1) is 12.7 Å². The molecule has 1 aromatic carbocycles. The van der Waals surface area contributed by atoms with Gasteiger partial charge < -0.3 is 15.0 Å². The third-order valence-electron chi connectivity index (χ3n) is 5.66. The first kappa shape index (κ1) is 20.4. The highest BCUT2D eigenvalue weighted by Gasteiger charge is 2.21. The standard InChI is InChI=1S/C23H26FN7O/c1-14-9-20(30(4)28-14)18-11-26-23(31-13-15(12-29(2)3)27-22(18)31)25-10-17-16-7-8-32-21(16)6-5-19(17)24/h5-6,9,11,13H,7-8,10,12H2,1-4H3,(H,25,26). The number of anilines is 1. The molecule has 1 aliphatic rings. The fraction of sp³-hybridized carbons (Fsp3) is 0.348. The highest BCUT2D eigenvalue weighted by molar-refractivity contribution is 5.76. The van der Waals surface area contributed by atoms with Crippen LogP contribution >= 0.6 is 0 Å². The van der Waals surface area contributed by atoms with E-state index in [2.05, 4.69) is 20.3 Å². The van der Waals surface area contributed by atoms with E-state index >= 15 is 0 Å². The summed E-state index contributed by atoms with van der Waals surface area (Å²) >= 11 is 0. The number of ether oxygens (including phenoxy) is 1. The number of nitrogens with one attached hydrogen (secondary N) is 1. The number of halogens is 1. The van der Waals surface area contributed by atoms with Crippen molar-refractivity contribution in [3.63, 3.8) is 0 Å². The third-order valence-corrected chi connectivity index (χ3v) is 5.66. The molecule has 0 unspecified atom stereocenters. The van der Waals surface area contributed by atoms with Gasteiger partial charge in [-0.2, -0.15) is 5.10 Å². The fourth-order valence-corrected chi connectivity index (χ4v) is 4.27. The molecule has 4 heterocycles. The highest BCUT2D eigenvalue weighted by Crippen LogP contribution is 2.31. The van der Waals surface area contributed by atoms with Crippen molar-refractivity contribution >= 4 is 11.6 Å². The summed E-state index contributed by atoms with van der Waals surface area (Å²) in [6.07, 6.45) is 4.49. The second kappa shape index (κ2) is 7.90. The van der Waals surface area contributed by atoms with Crippen molar-refractivity contribution in [2.45, 2.75) is 26.4 Å². The predicted molar refractivity (Wildman–Crippen MR) is 120 cm³/mol. The van der Waals surface area contributed by atoms with Crippen LogP contribution < -0.4 is 10.1 Å². The van der Waals surface area contributed by atoms with Crippen molar-refractivity contribution in [2.24, 2.45) is 7.05 Å². The first-order valence-corrected chi connectivity index (χ1v) is 10.6. The number of hydrogen-bond donors (Lipinski definition) is 1. The molecule has 32 heavy (non-hydrogen) atoms. The van der Waals surface area contributed by atoms with Crippen LogP contribution in [0.5, 0.6) is 5.75 Å². The summed E-state index contributed by atoms with van der Waals surface area (Å²) in [6.45, 7) is 3.56. The van der Waals surface area contributed by atoms with E-state index in [0.29, 0.717) is 37.6 Å². The normalized spacial score (nSPS) is 13.1. The van der Waals surface area contributed by atoms with Gasteiger partial charge in [-0.1, -0.05) is 0 Å². The Bertz CT molecular complexity index is 1310. The van der Waals surface area contributed by atoms with Gasteiger partial charge in [0, 0.05) is 50.1 Å². The van der Waals surface area contributed by atoms with Crippen LogP contribution in [0.15, 0.2) is 30.6 Å². The van der Waals surface area contributed by atoms with E-state index in [4.69, 9.17) is 9.72 Å². The van der Waals surface area contributed by atoms with Gasteiger partial charge in [0.25, 0.3) is 0 Å². The molecule has 9 heteroatoms. The largest absolute Gasteiger partial charge is 0.493 e. The number of aromatic nitrogens is 5. The third kappa shape index (κ3) is 3.58. The zero-order valence-electron chi connectivity index (χ0n) is 18.7. The number of benzene rings is 1. The fourth-order valence-electron chi connectivity index (χ4n) is 4.27. The molecule has 0 saturated heterocycles. The number of hydrogen-bond acceptors (Lipinski definition) is 6. The van der Waals surface area contributed by atoms with Crippen molar-refractivity contribution in [3.05, 3.63) is 58.9 Å². The molecule has 1 aliphatic heterocycles. The molecule has 0 atom stereocenters. The molecule has 8 nitrogen and oxygen atoms in total. The van der Waals surface area contributed by atoms with Gasteiger partial charge in [-0.15, -0.1) is 0 Å². The zero-order valence-corrected chi connectivity index (χ0v) is 18.7. The maximum Gasteiger partial charge on any atom is 0.208 e. The van der Waals surface area contributed by atoms with E-state index in [1.807, 2.05) is 49.4 Å². The Morgan fingerprint density at radius 1 is 1.28 bits per heavy atom. The molecule has 0 bridgehead atoms. The molecular formula is C23H26FN7O. The number of rotatable bonds is 6. The summed E-state index contributed by atoms with van der Waals surface area (Å²) in [5.74, 6) is 1.13. The molecule has 1 N–H and O–H groups in total. The van der Waals surface area contributed by atoms with E-state index in [1.54, 1.807) is 12.3 Å². The van der Waals surface area contributed by atoms with Crippen molar-refractivity contribution in [1.29, 1.82) is 0 Å². The monoisotopic (exact) mass is 435 g/mol. The summed E-state index contributed by atoms with van der Waals surface area (Å²) in [5.41, 5.74) is 6.01. The van der Waals surface area contributed by atoms with Crippen LogP contribution in [0.1, 0.15) is 22.5 Å². The number of aryl methyl sites for hydroxylation is 2. The van der Waals surface area contributed by atoms with Crippen LogP contribution in [-0.4, -0.2) is 49.8 Å². The van der Waals surface area contributed by atoms with Gasteiger partial charge in [0.2, 0.25) is 5.95 Å². The summed E-state index contributed by atoms with van der Waals surface area (Å²) in [7, 11) is 5.93. The molecule has 166 valence electrons. The average molecular weight is 436 g/mol. The first-order valence-electron chi connectivity index (χ1n) is 10.6. The van der Waals surface area contributed by atoms with Crippen LogP contribution in [0.25, 0.3) is 16.9 Å². The lowest BCUT2D eigenvalue weighted by Gasteiger charge is -2.13. The van der Waals surface area contributed by atoms with Gasteiger partial charge in [-0.3, -0.25) is 9.08 Å². The molecule has 3 aromatic heterocycles. The van der Waals surface area contributed by atoms with Crippen molar-refractivity contribution in [3.8, 4) is 17.0 Å². The Labute approximate surface area is 185 Å². The molecule has 0 spiro atoms. The van der Waals surface area contributed by atoms with Crippen LogP contribution in [0.4, 0.5) is 10.3 Å². The van der Waals surface area contributed by atoms with Gasteiger partial charge in [-0.05, 0) is 39.2 Å². The number of fused-ring (bicyclic) bond motifs is 2. The maximum absolute atomic E-state index is 14.6. The minimum Gasteiger partial charge on any atom is -0.493 e. The molecule has 0 aliphatic carbocycles. The first-order chi connectivity index (χ1) is 15.4. The van der Waals surface area contributed by atoms with Gasteiger partial charge in [0.05, 0.1) is 29.3 Å². The molecule has 4 aromatic rings. The summed E-state index contributed by atoms with van der Waals surface area (Å²) in [5, 5.41) is 7.79. The lowest BCUT2D eigenvalue weighted by molar-refractivity contribution is 0.356. The smallest absolute Gasteiger partial charge is 0.208 e. The van der Waals surface area contributed by atoms with Crippen LogP contribution in [-0.2, 0) is 26.6 Å². The van der Waals surface area contributed by atoms with Crippen LogP contribution in [0.2, 0.25) is 0 Å². The molecular weight excluding hydrogens is 409 g/mol. The van der Waals surface area contributed by atoms with E-state index in [0.717, 1.165) is 39.6 Å². The average Bonchev–Trinajstić information content (AvgIpc) is 3.45. The maximum atomic E-state index is 14.6. The highest BCUT2D eigenvalue weighted by atomic mass is 19.1. The lowest BCUT2D eigenvalue weighted by Crippen LogP contribution is -2.11. The van der Waals surface area contributed by atoms with E-state index in [-0.39, 0.29) is 5.82 Å². The molecule has 0 amide bonds. The summed E-state index contributed by atoms with van der Waals surface area (Å²) < 4.78 is 24.0. The lowest BCUT2D eigenvalue weighted by atomic mass is 10.0. The van der Waals surface area contributed by atoms with Crippen molar-refractivity contribution in [1.82, 2.24) is 29.0 Å². The Balaban J connectivity index is 1.55. The van der Waals surface area contributed by atoms with E-state index < -0.39 is 0 Å². The Hall–Kier alpha value is -3.46. The predicted octanol–water partition coefficient (Wildman–Crippen LogP) is 3.19. The quantitative estimate of drug-likeness (QED) is 0.502.